The molecule has 0 spiro atoms. The Morgan fingerprint density at radius 1 is 1.00 bits per heavy atom. The molecule has 1 atom stereocenters. The minimum Gasteiger partial charge on any atom is -0.384 e. The van der Waals surface area contributed by atoms with Gasteiger partial charge in [0.25, 0.3) is 0 Å². The molecular formula is C14H10BrF3O. The summed E-state index contributed by atoms with van der Waals surface area (Å²) in [5, 5.41) is 10.1. The number of aryl methyl sites for hydroxylation is 1. The van der Waals surface area contributed by atoms with E-state index in [2.05, 4.69) is 15.9 Å². The maximum absolute atomic E-state index is 13.6. The van der Waals surface area contributed by atoms with Crippen molar-refractivity contribution in [3.05, 3.63) is 68.9 Å². The van der Waals surface area contributed by atoms with Crippen LogP contribution in [-0.4, -0.2) is 5.11 Å². The molecule has 1 N–H and O–H groups in total. The molecule has 0 heterocycles. The van der Waals surface area contributed by atoms with Gasteiger partial charge in [-0.25, -0.2) is 13.2 Å². The molecule has 1 unspecified atom stereocenters. The summed E-state index contributed by atoms with van der Waals surface area (Å²) in [4.78, 5) is 0. The van der Waals surface area contributed by atoms with Crippen molar-refractivity contribution < 1.29 is 18.3 Å². The summed E-state index contributed by atoms with van der Waals surface area (Å²) in [6, 6.07) is 6.91. The van der Waals surface area contributed by atoms with Gasteiger partial charge < -0.3 is 5.11 Å². The Morgan fingerprint density at radius 2 is 1.63 bits per heavy atom. The number of hydrogen-bond acceptors (Lipinski definition) is 1. The van der Waals surface area contributed by atoms with Crippen molar-refractivity contribution in [1.29, 1.82) is 0 Å². The molecule has 0 amide bonds. The minimum absolute atomic E-state index is 0.302. The third-order valence-corrected chi connectivity index (χ3v) is 3.50. The van der Waals surface area contributed by atoms with Crippen LogP contribution in [0.3, 0.4) is 0 Å². The zero-order chi connectivity index (χ0) is 14.2. The zero-order valence-electron chi connectivity index (χ0n) is 9.92. The van der Waals surface area contributed by atoms with Gasteiger partial charge >= 0.3 is 0 Å². The topological polar surface area (TPSA) is 20.2 Å². The fraction of sp³-hybridized carbons (Fsp3) is 0.143. The number of hydrogen-bond donors (Lipinski definition) is 1. The van der Waals surface area contributed by atoms with Gasteiger partial charge in [0.1, 0.15) is 6.10 Å². The van der Waals surface area contributed by atoms with E-state index in [4.69, 9.17) is 0 Å². The van der Waals surface area contributed by atoms with Crippen LogP contribution < -0.4 is 0 Å². The molecule has 1 nitrogen and oxygen atoms in total. The number of aliphatic hydroxyl groups excluding tert-OH is 1. The monoisotopic (exact) mass is 330 g/mol. The van der Waals surface area contributed by atoms with Crippen LogP contribution in [0, 0.1) is 24.4 Å². The third-order valence-electron chi connectivity index (χ3n) is 2.81. The summed E-state index contributed by atoms with van der Waals surface area (Å²) >= 11 is 3.25. The number of benzene rings is 2. The Bertz CT molecular complexity index is 628. The highest BCUT2D eigenvalue weighted by molar-refractivity contribution is 9.10. The fourth-order valence-electron chi connectivity index (χ4n) is 1.77. The van der Waals surface area contributed by atoms with Gasteiger partial charge in [0.2, 0.25) is 0 Å². The molecule has 0 radical (unpaired) electrons. The predicted molar refractivity (Wildman–Crippen MR) is 69.3 cm³/mol. The van der Waals surface area contributed by atoms with Crippen LogP contribution >= 0.6 is 15.9 Å². The Balaban J connectivity index is 2.50. The molecule has 2 aromatic rings. The highest BCUT2D eigenvalue weighted by Gasteiger charge is 2.21. The summed E-state index contributed by atoms with van der Waals surface area (Å²) in [5.74, 6) is -4.24. The second-order valence-electron chi connectivity index (χ2n) is 4.19. The zero-order valence-corrected chi connectivity index (χ0v) is 11.5. The standard InChI is InChI=1S/C14H10BrF3O/c1-7-2-3-8(10(15)6-7)14(19)9-4-5-11(16)13(18)12(9)17/h2-6,14,19H,1H3. The van der Waals surface area contributed by atoms with E-state index in [0.717, 1.165) is 17.7 Å². The lowest BCUT2D eigenvalue weighted by molar-refractivity contribution is 0.212. The second-order valence-corrected chi connectivity index (χ2v) is 5.05. The molecular weight excluding hydrogens is 321 g/mol. The van der Waals surface area contributed by atoms with Crippen LogP contribution in [0.4, 0.5) is 13.2 Å². The van der Waals surface area contributed by atoms with Crippen molar-refractivity contribution in [1.82, 2.24) is 0 Å². The lowest BCUT2D eigenvalue weighted by Crippen LogP contribution is -2.06. The average Bonchev–Trinajstić information content (AvgIpc) is 2.35. The minimum atomic E-state index is -1.58. The molecule has 100 valence electrons. The number of aliphatic hydroxyl groups is 1. The molecule has 0 aliphatic rings. The summed E-state index contributed by atoms with van der Waals surface area (Å²) < 4.78 is 40.2. The van der Waals surface area contributed by atoms with Crippen molar-refractivity contribution >= 4 is 15.9 Å². The van der Waals surface area contributed by atoms with Gasteiger partial charge in [0.05, 0.1) is 0 Å². The van der Waals surface area contributed by atoms with Crippen molar-refractivity contribution in [2.45, 2.75) is 13.0 Å². The molecule has 2 aromatic carbocycles. The maximum atomic E-state index is 13.6. The van der Waals surface area contributed by atoms with Gasteiger partial charge in [-0.1, -0.05) is 34.1 Å². The van der Waals surface area contributed by atoms with E-state index in [0.29, 0.717) is 10.0 Å². The average molecular weight is 331 g/mol. The third kappa shape index (κ3) is 2.67. The maximum Gasteiger partial charge on any atom is 0.194 e. The fourth-order valence-corrected chi connectivity index (χ4v) is 2.48. The molecule has 19 heavy (non-hydrogen) atoms. The van der Waals surface area contributed by atoms with Crippen LogP contribution in [0.2, 0.25) is 0 Å². The summed E-state index contributed by atoms with van der Waals surface area (Å²) in [7, 11) is 0. The molecule has 0 saturated carbocycles. The predicted octanol–water partition coefficient (Wildman–Crippen LogP) is 4.26. The summed E-state index contributed by atoms with van der Waals surface area (Å²) in [6.45, 7) is 1.86. The van der Waals surface area contributed by atoms with Gasteiger partial charge in [-0.15, -0.1) is 0 Å². The van der Waals surface area contributed by atoms with Crippen LogP contribution in [0.25, 0.3) is 0 Å². The van der Waals surface area contributed by atoms with Crippen molar-refractivity contribution in [3.8, 4) is 0 Å². The molecule has 0 bridgehead atoms. The van der Waals surface area contributed by atoms with E-state index in [-0.39, 0.29) is 5.56 Å². The smallest absolute Gasteiger partial charge is 0.194 e. The van der Waals surface area contributed by atoms with E-state index in [1.165, 1.54) is 0 Å². The second kappa shape index (κ2) is 5.35. The molecule has 0 aromatic heterocycles. The van der Waals surface area contributed by atoms with Crippen LogP contribution in [0.15, 0.2) is 34.8 Å². The van der Waals surface area contributed by atoms with E-state index in [1.54, 1.807) is 18.2 Å². The summed E-state index contributed by atoms with van der Waals surface area (Å²) in [5.41, 5.74) is 1.03. The van der Waals surface area contributed by atoms with E-state index in [1.807, 2.05) is 6.92 Å². The first-order valence-corrected chi connectivity index (χ1v) is 6.28. The quantitative estimate of drug-likeness (QED) is 0.816. The SMILES string of the molecule is Cc1ccc(C(O)c2ccc(F)c(F)c2F)c(Br)c1. The Kier molecular flexibility index (Phi) is 3.96. The van der Waals surface area contributed by atoms with E-state index in [9.17, 15) is 18.3 Å². The number of rotatable bonds is 2. The molecule has 0 aliphatic heterocycles. The van der Waals surface area contributed by atoms with E-state index >= 15 is 0 Å². The van der Waals surface area contributed by atoms with Gasteiger partial charge in [-0.2, -0.15) is 0 Å². The lowest BCUT2D eigenvalue weighted by Gasteiger charge is -2.15. The lowest BCUT2D eigenvalue weighted by atomic mass is 10.00. The highest BCUT2D eigenvalue weighted by atomic mass is 79.9. The first-order valence-electron chi connectivity index (χ1n) is 5.49. The highest BCUT2D eigenvalue weighted by Crippen LogP contribution is 2.31. The van der Waals surface area contributed by atoms with Gasteiger partial charge in [0.15, 0.2) is 17.5 Å². The van der Waals surface area contributed by atoms with Crippen molar-refractivity contribution in [3.63, 3.8) is 0 Å². The normalized spacial score (nSPS) is 12.5. The first kappa shape index (κ1) is 14.1. The molecule has 0 fully saturated rings. The first-order chi connectivity index (χ1) is 8.91. The Hall–Kier alpha value is -1.33. The molecule has 0 saturated heterocycles. The van der Waals surface area contributed by atoms with Crippen molar-refractivity contribution in [2.24, 2.45) is 0 Å². The Morgan fingerprint density at radius 3 is 2.26 bits per heavy atom. The van der Waals surface area contributed by atoms with Crippen LogP contribution in [-0.2, 0) is 0 Å². The number of halogens is 4. The van der Waals surface area contributed by atoms with E-state index < -0.39 is 23.6 Å². The van der Waals surface area contributed by atoms with Crippen molar-refractivity contribution in [2.75, 3.05) is 0 Å². The van der Waals surface area contributed by atoms with Gasteiger partial charge in [-0.05, 0) is 30.2 Å². The van der Waals surface area contributed by atoms with Gasteiger partial charge in [0, 0.05) is 10.0 Å². The Labute approximate surface area is 116 Å². The molecule has 0 aliphatic carbocycles. The largest absolute Gasteiger partial charge is 0.384 e. The molecule has 5 heteroatoms. The van der Waals surface area contributed by atoms with Crippen LogP contribution in [0.5, 0.6) is 0 Å². The molecule has 2 rings (SSSR count). The van der Waals surface area contributed by atoms with Gasteiger partial charge in [-0.3, -0.25) is 0 Å². The van der Waals surface area contributed by atoms with Crippen LogP contribution in [0.1, 0.15) is 22.8 Å². The summed E-state index contributed by atoms with van der Waals surface area (Å²) in [6.07, 6.45) is -1.37.